The summed E-state index contributed by atoms with van der Waals surface area (Å²) in [5, 5.41) is 7.07. The van der Waals surface area contributed by atoms with E-state index in [1.54, 1.807) is 20.2 Å². The van der Waals surface area contributed by atoms with Crippen LogP contribution >= 0.6 is 11.6 Å². The van der Waals surface area contributed by atoms with Gasteiger partial charge in [0.15, 0.2) is 5.15 Å². The maximum absolute atomic E-state index is 12.1. The molecule has 2 fully saturated rings. The molecule has 2 aliphatic heterocycles. The van der Waals surface area contributed by atoms with Gasteiger partial charge in [0.05, 0.1) is 11.9 Å². The van der Waals surface area contributed by atoms with Crippen molar-refractivity contribution >= 4 is 34.7 Å². The first-order valence-electron chi connectivity index (χ1n) is 10.3. The Labute approximate surface area is 188 Å². The minimum absolute atomic E-state index is 0.147. The Bertz CT molecular complexity index is 992. The van der Waals surface area contributed by atoms with Gasteiger partial charge in [0.25, 0.3) is 5.56 Å². The van der Waals surface area contributed by atoms with Crippen molar-refractivity contribution < 1.29 is 4.79 Å². The van der Waals surface area contributed by atoms with Gasteiger partial charge >= 0.3 is 0 Å². The van der Waals surface area contributed by atoms with Crippen LogP contribution in [-0.4, -0.2) is 51.8 Å². The zero-order chi connectivity index (χ0) is 23.0. The van der Waals surface area contributed by atoms with Crippen molar-refractivity contribution in [1.82, 2.24) is 19.7 Å². The number of likely N-dealkylation sites (tertiary alicyclic amines) is 1. The molecule has 0 aromatic carbocycles. The number of rotatable bonds is 3. The average molecular weight is 447 g/mol. The lowest BCUT2D eigenvalue weighted by Gasteiger charge is -2.60. The molecule has 0 bridgehead atoms. The van der Waals surface area contributed by atoms with Crippen LogP contribution in [0.4, 0.5) is 17.2 Å². The van der Waals surface area contributed by atoms with Crippen LogP contribution < -0.4 is 15.8 Å². The van der Waals surface area contributed by atoms with E-state index < -0.39 is 0 Å². The Morgan fingerprint density at radius 2 is 1.77 bits per heavy atom. The third kappa shape index (κ3) is 5.76. The molecule has 2 saturated heterocycles. The predicted octanol–water partition coefficient (Wildman–Crippen LogP) is 3.29. The minimum atomic E-state index is -0.273. The van der Waals surface area contributed by atoms with E-state index in [1.165, 1.54) is 10.7 Å². The Hall–Kier alpha value is -2.61. The number of nitrogens with one attached hydrogen (secondary N) is 1. The molecule has 1 spiro atoms. The van der Waals surface area contributed by atoms with Crippen LogP contribution in [0.2, 0.25) is 5.15 Å². The van der Waals surface area contributed by atoms with Gasteiger partial charge in [0.1, 0.15) is 11.5 Å². The number of aryl methyl sites for hydroxylation is 1. The summed E-state index contributed by atoms with van der Waals surface area (Å²) in [6.07, 6.45) is 1.78. The zero-order valence-electron chi connectivity index (χ0n) is 19.1. The van der Waals surface area contributed by atoms with Crippen molar-refractivity contribution in [3.8, 4) is 0 Å². The van der Waals surface area contributed by atoms with E-state index in [9.17, 15) is 9.59 Å². The molecule has 1 N–H and O–H groups in total. The Morgan fingerprint density at radius 1 is 1.16 bits per heavy atom. The van der Waals surface area contributed by atoms with Gasteiger partial charge in [0.2, 0.25) is 5.91 Å². The van der Waals surface area contributed by atoms with Crippen molar-refractivity contribution in [3.63, 3.8) is 0 Å². The number of amides is 1. The van der Waals surface area contributed by atoms with Crippen LogP contribution in [0.3, 0.4) is 0 Å². The summed E-state index contributed by atoms with van der Waals surface area (Å²) in [5.41, 5.74) is 1.84. The minimum Gasteiger partial charge on any atom is -0.369 e. The van der Waals surface area contributed by atoms with Crippen LogP contribution in [0.25, 0.3) is 0 Å². The maximum atomic E-state index is 12.1. The standard InChI is InChI=1S/C17H19ClN6O2.C5H12/c1-11(25)23-7-17(8-23)9-24(10-17)12-3-4-15(19-6-12)20-13-5-14(18)21-22(2)16(13)26;1-5(2,3)4/h3-6H,7-10H2,1-2H3,(H,19,20);1-4H3. The molecule has 0 radical (unpaired) electrons. The van der Waals surface area contributed by atoms with E-state index in [0.717, 1.165) is 31.9 Å². The maximum Gasteiger partial charge on any atom is 0.290 e. The molecular formula is C22H31ClN6O2. The molecule has 31 heavy (non-hydrogen) atoms. The van der Waals surface area contributed by atoms with Gasteiger partial charge in [-0.3, -0.25) is 9.59 Å². The van der Waals surface area contributed by atoms with E-state index in [1.807, 2.05) is 17.0 Å². The molecule has 4 rings (SSSR count). The van der Waals surface area contributed by atoms with E-state index in [2.05, 4.69) is 48.0 Å². The van der Waals surface area contributed by atoms with Gasteiger partial charge in [-0.15, -0.1) is 0 Å². The number of hydrogen-bond donors (Lipinski definition) is 1. The highest BCUT2D eigenvalue weighted by atomic mass is 35.5. The summed E-state index contributed by atoms with van der Waals surface area (Å²) in [6, 6.07) is 5.28. The van der Waals surface area contributed by atoms with E-state index >= 15 is 0 Å². The molecule has 2 aromatic rings. The molecule has 0 aliphatic carbocycles. The number of aromatic nitrogens is 3. The highest BCUT2D eigenvalue weighted by Gasteiger charge is 2.52. The van der Waals surface area contributed by atoms with E-state index in [-0.39, 0.29) is 22.0 Å². The lowest BCUT2D eigenvalue weighted by atomic mass is 9.72. The van der Waals surface area contributed by atoms with Crippen LogP contribution in [0.1, 0.15) is 34.6 Å². The topological polar surface area (TPSA) is 83.4 Å². The Balaban J connectivity index is 0.000000491. The van der Waals surface area contributed by atoms with Crippen molar-refractivity contribution in [1.29, 1.82) is 0 Å². The van der Waals surface area contributed by atoms with Crippen LogP contribution in [0.5, 0.6) is 0 Å². The number of carbonyl (C=O) groups excluding carboxylic acids is 1. The first-order valence-corrected chi connectivity index (χ1v) is 10.7. The van der Waals surface area contributed by atoms with Gasteiger partial charge in [-0.2, -0.15) is 5.10 Å². The summed E-state index contributed by atoms with van der Waals surface area (Å²) >= 11 is 5.89. The predicted molar refractivity (Wildman–Crippen MR) is 124 cm³/mol. The average Bonchev–Trinajstić information content (AvgIpc) is 2.56. The number of nitrogens with zero attached hydrogens (tertiary/aromatic N) is 5. The summed E-state index contributed by atoms with van der Waals surface area (Å²) in [4.78, 5) is 31.9. The highest BCUT2D eigenvalue weighted by molar-refractivity contribution is 6.29. The number of anilines is 3. The quantitative estimate of drug-likeness (QED) is 0.778. The summed E-state index contributed by atoms with van der Waals surface area (Å²) < 4.78 is 1.18. The second-order valence-electron chi connectivity index (χ2n) is 10.1. The van der Waals surface area contributed by atoms with Crippen molar-refractivity contribution in [2.24, 2.45) is 17.9 Å². The summed E-state index contributed by atoms with van der Waals surface area (Å²) in [7, 11) is 1.54. The largest absolute Gasteiger partial charge is 0.369 e. The van der Waals surface area contributed by atoms with Crippen molar-refractivity contribution in [2.75, 3.05) is 36.4 Å². The normalized spacial score (nSPS) is 16.7. The molecule has 0 saturated carbocycles. The van der Waals surface area contributed by atoms with Crippen LogP contribution in [0, 0.1) is 10.8 Å². The van der Waals surface area contributed by atoms with Crippen LogP contribution in [0.15, 0.2) is 29.2 Å². The molecular weight excluding hydrogens is 416 g/mol. The fourth-order valence-electron chi connectivity index (χ4n) is 3.58. The summed E-state index contributed by atoms with van der Waals surface area (Å²) in [5.74, 6) is 0.711. The Kier molecular flexibility index (Phi) is 6.32. The lowest BCUT2D eigenvalue weighted by Crippen LogP contribution is -2.72. The smallest absolute Gasteiger partial charge is 0.290 e. The third-order valence-corrected chi connectivity index (χ3v) is 5.14. The molecule has 0 unspecified atom stereocenters. The number of pyridine rings is 1. The molecule has 4 heterocycles. The highest BCUT2D eigenvalue weighted by Crippen LogP contribution is 2.41. The third-order valence-electron chi connectivity index (χ3n) is 4.96. The first-order chi connectivity index (χ1) is 14.3. The molecule has 2 aliphatic rings. The van der Waals surface area contributed by atoms with E-state index in [4.69, 9.17) is 11.6 Å². The monoisotopic (exact) mass is 446 g/mol. The van der Waals surface area contributed by atoms with Gasteiger partial charge in [-0.05, 0) is 17.5 Å². The fourth-order valence-corrected chi connectivity index (χ4v) is 3.80. The molecule has 2 aromatic heterocycles. The second kappa shape index (κ2) is 8.49. The SMILES string of the molecule is CC(=O)N1CC2(C1)CN(c1ccc(Nc3cc(Cl)nn(C)c3=O)nc1)C2.CC(C)(C)C. The molecule has 9 heteroatoms. The number of hydrogen-bond acceptors (Lipinski definition) is 6. The number of halogens is 1. The molecule has 0 atom stereocenters. The van der Waals surface area contributed by atoms with Gasteiger partial charge in [0, 0.05) is 51.6 Å². The van der Waals surface area contributed by atoms with Gasteiger partial charge < -0.3 is 15.1 Å². The van der Waals surface area contributed by atoms with Crippen LogP contribution in [-0.2, 0) is 11.8 Å². The molecule has 8 nitrogen and oxygen atoms in total. The van der Waals surface area contributed by atoms with E-state index in [0.29, 0.717) is 16.9 Å². The summed E-state index contributed by atoms with van der Waals surface area (Å²) in [6.45, 7) is 13.9. The van der Waals surface area contributed by atoms with Gasteiger partial charge in [-0.25, -0.2) is 9.67 Å². The first kappa shape index (κ1) is 23.1. The fraction of sp³-hybridized carbons (Fsp3) is 0.545. The lowest BCUT2D eigenvalue weighted by molar-refractivity contribution is -0.142. The van der Waals surface area contributed by atoms with Crippen molar-refractivity contribution in [3.05, 3.63) is 39.9 Å². The number of carbonyl (C=O) groups is 1. The molecule has 168 valence electrons. The van der Waals surface area contributed by atoms with Crippen molar-refractivity contribution in [2.45, 2.75) is 34.6 Å². The Morgan fingerprint density at radius 3 is 2.29 bits per heavy atom. The van der Waals surface area contributed by atoms with Gasteiger partial charge in [-0.1, -0.05) is 39.3 Å². The zero-order valence-corrected chi connectivity index (χ0v) is 19.8. The molecule has 1 amide bonds. The second-order valence-corrected chi connectivity index (χ2v) is 10.5.